The van der Waals surface area contributed by atoms with Crippen molar-refractivity contribution in [2.45, 2.75) is 34.2 Å². The first-order valence-corrected chi connectivity index (χ1v) is 8.09. The molecule has 0 aromatic heterocycles. The molecule has 1 N–H and O–H groups in total. The van der Waals surface area contributed by atoms with E-state index in [1.807, 2.05) is 6.07 Å². The van der Waals surface area contributed by atoms with Crippen LogP contribution in [0.4, 0.5) is 5.69 Å². The minimum absolute atomic E-state index is 0.671. The molecule has 2 nitrogen and oxygen atoms in total. The van der Waals surface area contributed by atoms with Gasteiger partial charge in [-0.3, -0.25) is 0 Å². The molecule has 0 spiro atoms. The van der Waals surface area contributed by atoms with Gasteiger partial charge < -0.3 is 10.2 Å². The standard InChI is InChI=1S/C17H27ClN2/c1-12(2)8-19-9-15-7-16(18)5-6-17(15)20-10-13(3)14(4)11-20/h5-7,12-14,19H,8-11H2,1-4H3. The van der Waals surface area contributed by atoms with Crippen LogP contribution >= 0.6 is 11.6 Å². The van der Waals surface area contributed by atoms with Crippen LogP contribution in [0.2, 0.25) is 5.02 Å². The SMILES string of the molecule is CC(C)CNCc1cc(Cl)ccc1N1CC(C)C(C)C1. The first-order valence-electron chi connectivity index (χ1n) is 7.71. The summed E-state index contributed by atoms with van der Waals surface area (Å²) in [5, 5.41) is 4.36. The summed E-state index contributed by atoms with van der Waals surface area (Å²) in [5.41, 5.74) is 2.67. The number of hydrogen-bond acceptors (Lipinski definition) is 2. The zero-order valence-corrected chi connectivity index (χ0v) is 13.9. The Morgan fingerprint density at radius 2 is 1.90 bits per heavy atom. The van der Waals surface area contributed by atoms with Crippen molar-refractivity contribution >= 4 is 17.3 Å². The molecule has 3 heteroatoms. The summed E-state index contributed by atoms with van der Waals surface area (Å²) >= 11 is 6.18. The molecule has 2 unspecified atom stereocenters. The summed E-state index contributed by atoms with van der Waals surface area (Å²) in [6.07, 6.45) is 0. The van der Waals surface area contributed by atoms with Gasteiger partial charge in [0.2, 0.25) is 0 Å². The molecule has 0 amide bonds. The molecule has 2 rings (SSSR count). The smallest absolute Gasteiger partial charge is 0.0413 e. The largest absolute Gasteiger partial charge is 0.371 e. The topological polar surface area (TPSA) is 15.3 Å². The van der Waals surface area contributed by atoms with Crippen molar-refractivity contribution in [3.8, 4) is 0 Å². The van der Waals surface area contributed by atoms with Gasteiger partial charge in [-0.05, 0) is 48.1 Å². The van der Waals surface area contributed by atoms with Crippen LogP contribution in [0.25, 0.3) is 0 Å². The number of rotatable bonds is 5. The van der Waals surface area contributed by atoms with Crippen molar-refractivity contribution in [3.63, 3.8) is 0 Å². The number of hydrogen-bond donors (Lipinski definition) is 1. The van der Waals surface area contributed by atoms with Crippen LogP contribution in [-0.4, -0.2) is 19.6 Å². The third-order valence-corrected chi connectivity index (χ3v) is 4.47. The molecule has 1 saturated heterocycles. The van der Waals surface area contributed by atoms with Gasteiger partial charge >= 0.3 is 0 Å². The Kier molecular flexibility index (Phi) is 5.34. The van der Waals surface area contributed by atoms with E-state index in [1.54, 1.807) is 0 Å². The van der Waals surface area contributed by atoms with Gasteiger partial charge in [0.05, 0.1) is 0 Å². The zero-order chi connectivity index (χ0) is 14.7. The summed E-state index contributed by atoms with van der Waals surface area (Å²) in [6, 6.07) is 6.30. The molecule has 112 valence electrons. The van der Waals surface area contributed by atoms with Crippen LogP contribution in [-0.2, 0) is 6.54 Å². The van der Waals surface area contributed by atoms with E-state index in [0.717, 1.165) is 43.0 Å². The van der Waals surface area contributed by atoms with Crippen molar-refractivity contribution in [2.24, 2.45) is 17.8 Å². The van der Waals surface area contributed by atoms with Crippen molar-refractivity contribution in [1.29, 1.82) is 0 Å². The lowest BCUT2D eigenvalue weighted by Crippen LogP contribution is -2.24. The van der Waals surface area contributed by atoms with Crippen LogP contribution < -0.4 is 10.2 Å². The molecule has 0 bridgehead atoms. The van der Waals surface area contributed by atoms with Crippen LogP contribution in [0.3, 0.4) is 0 Å². The number of anilines is 1. The molecule has 2 atom stereocenters. The monoisotopic (exact) mass is 294 g/mol. The van der Waals surface area contributed by atoms with E-state index in [1.165, 1.54) is 11.3 Å². The van der Waals surface area contributed by atoms with Gasteiger partial charge in [-0.2, -0.15) is 0 Å². The van der Waals surface area contributed by atoms with Crippen molar-refractivity contribution < 1.29 is 0 Å². The second-order valence-electron chi connectivity index (χ2n) is 6.66. The van der Waals surface area contributed by atoms with Crippen LogP contribution in [0.5, 0.6) is 0 Å². The van der Waals surface area contributed by atoms with Gasteiger partial charge in [-0.1, -0.05) is 39.3 Å². The Morgan fingerprint density at radius 1 is 1.25 bits per heavy atom. The van der Waals surface area contributed by atoms with Gasteiger partial charge in [0.15, 0.2) is 0 Å². The summed E-state index contributed by atoms with van der Waals surface area (Å²) in [7, 11) is 0. The van der Waals surface area contributed by atoms with E-state index >= 15 is 0 Å². The molecular weight excluding hydrogens is 268 g/mol. The lowest BCUT2D eigenvalue weighted by atomic mass is 10.0. The quantitative estimate of drug-likeness (QED) is 0.876. The Hall–Kier alpha value is -0.730. The maximum absolute atomic E-state index is 6.18. The second-order valence-corrected chi connectivity index (χ2v) is 7.09. The molecule has 0 aliphatic carbocycles. The molecule has 1 fully saturated rings. The molecule has 1 heterocycles. The third-order valence-electron chi connectivity index (χ3n) is 4.24. The predicted molar refractivity (Wildman–Crippen MR) is 88.5 cm³/mol. The van der Waals surface area contributed by atoms with Crippen molar-refractivity contribution in [3.05, 3.63) is 28.8 Å². The fourth-order valence-corrected chi connectivity index (χ4v) is 3.02. The highest BCUT2D eigenvalue weighted by Gasteiger charge is 2.27. The Bertz CT molecular complexity index is 435. The molecule has 0 radical (unpaired) electrons. The van der Waals surface area contributed by atoms with Crippen LogP contribution in [0.1, 0.15) is 33.3 Å². The van der Waals surface area contributed by atoms with Gasteiger partial charge in [0.25, 0.3) is 0 Å². The van der Waals surface area contributed by atoms with Gasteiger partial charge in [0.1, 0.15) is 0 Å². The molecule has 1 aromatic carbocycles. The van der Waals surface area contributed by atoms with E-state index in [0.29, 0.717) is 5.92 Å². The van der Waals surface area contributed by atoms with E-state index in [-0.39, 0.29) is 0 Å². The minimum Gasteiger partial charge on any atom is -0.371 e. The zero-order valence-electron chi connectivity index (χ0n) is 13.1. The van der Waals surface area contributed by atoms with Gasteiger partial charge in [-0.15, -0.1) is 0 Å². The molecule has 1 aliphatic heterocycles. The highest BCUT2D eigenvalue weighted by atomic mass is 35.5. The molecule has 20 heavy (non-hydrogen) atoms. The number of nitrogens with zero attached hydrogens (tertiary/aromatic N) is 1. The summed E-state index contributed by atoms with van der Waals surface area (Å²) < 4.78 is 0. The van der Waals surface area contributed by atoms with E-state index in [9.17, 15) is 0 Å². The maximum Gasteiger partial charge on any atom is 0.0413 e. The van der Waals surface area contributed by atoms with Crippen molar-refractivity contribution in [2.75, 3.05) is 24.5 Å². The number of benzene rings is 1. The van der Waals surface area contributed by atoms with E-state index in [2.05, 4.69) is 50.0 Å². The van der Waals surface area contributed by atoms with E-state index in [4.69, 9.17) is 11.6 Å². The lowest BCUT2D eigenvalue weighted by molar-refractivity contribution is 0.494. The van der Waals surface area contributed by atoms with Crippen LogP contribution in [0.15, 0.2) is 18.2 Å². The highest BCUT2D eigenvalue weighted by Crippen LogP contribution is 2.31. The third kappa shape index (κ3) is 3.89. The Morgan fingerprint density at radius 3 is 2.50 bits per heavy atom. The molecular formula is C17H27ClN2. The Balaban J connectivity index is 2.11. The van der Waals surface area contributed by atoms with Gasteiger partial charge in [-0.25, -0.2) is 0 Å². The molecule has 1 aliphatic rings. The number of nitrogens with one attached hydrogen (secondary N) is 1. The summed E-state index contributed by atoms with van der Waals surface area (Å²) in [4.78, 5) is 2.51. The predicted octanol–water partition coefficient (Wildman–Crippen LogP) is 4.18. The highest BCUT2D eigenvalue weighted by molar-refractivity contribution is 6.30. The van der Waals surface area contributed by atoms with Crippen LogP contribution in [0, 0.1) is 17.8 Å². The average molecular weight is 295 g/mol. The van der Waals surface area contributed by atoms with Gasteiger partial charge in [0, 0.05) is 30.3 Å². The fourth-order valence-electron chi connectivity index (χ4n) is 2.83. The fraction of sp³-hybridized carbons (Fsp3) is 0.647. The second kappa shape index (κ2) is 6.82. The first kappa shape index (κ1) is 15.7. The maximum atomic E-state index is 6.18. The Labute approximate surface area is 128 Å². The normalized spacial score (nSPS) is 22.8. The average Bonchev–Trinajstić information content (AvgIpc) is 2.69. The van der Waals surface area contributed by atoms with Crippen molar-refractivity contribution in [1.82, 2.24) is 5.32 Å². The molecule has 1 aromatic rings. The summed E-state index contributed by atoms with van der Waals surface area (Å²) in [5.74, 6) is 2.20. The molecule has 0 saturated carbocycles. The number of halogens is 1. The lowest BCUT2D eigenvalue weighted by Gasteiger charge is -2.23. The first-order chi connectivity index (χ1) is 9.47. The van der Waals surface area contributed by atoms with E-state index < -0.39 is 0 Å². The minimum atomic E-state index is 0.671. The summed E-state index contributed by atoms with van der Waals surface area (Å²) in [6.45, 7) is 13.4.